The van der Waals surface area contributed by atoms with E-state index in [0.29, 0.717) is 12.5 Å². The molecule has 1 saturated heterocycles. The molecule has 0 aliphatic carbocycles. The Hall–Kier alpha value is -2.11. The van der Waals surface area contributed by atoms with Crippen LogP contribution >= 0.6 is 0 Å². The molecule has 144 valence electrons. The third kappa shape index (κ3) is 4.09. The second-order valence-electron chi connectivity index (χ2n) is 8.08. The van der Waals surface area contributed by atoms with Gasteiger partial charge in [0, 0.05) is 36.8 Å². The maximum atomic E-state index is 11.1. The summed E-state index contributed by atoms with van der Waals surface area (Å²) in [5, 5.41) is 12.3. The van der Waals surface area contributed by atoms with E-state index in [1.54, 1.807) is 0 Å². The molecule has 0 bridgehead atoms. The van der Waals surface area contributed by atoms with E-state index in [1.165, 1.54) is 5.39 Å². The summed E-state index contributed by atoms with van der Waals surface area (Å²) in [4.78, 5) is 6.69. The normalized spacial score (nSPS) is 18.8. The number of rotatable bonds is 6. The van der Waals surface area contributed by atoms with Crippen molar-refractivity contribution in [3.63, 3.8) is 0 Å². The molecule has 0 radical (unpaired) electrons. The molecule has 0 unspecified atom stereocenters. The van der Waals surface area contributed by atoms with Crippen LogP contribution in [0.2, 0.25) is 0 Å². The van der Waals surface area contributed by atoms with Crippen molar-refractivity contribution in [2.75, 3.05) is 19.6 Å². The molecule has 1 N–H and O–H groups in total. The van der Waals surface area contributed by atoms with Gasteiger partial charge in [-0.25, -0.2) is 0 Å². The largest absolute Gasteiger partial charge is 0.466 e. The average Bonchev–Trinajstić information content (AvgIpc) is 3.28. The lowest BCUT2D eigenvalue weighted by Gasteiger charge is -2.38. The first-order valence-corrected chi connectivity index (χ1v) is 9.92. The van der Waals surface area contributed by atoms with E-state index >= 15 is 0 Å². The monoisotopic (exact) mass is 367 g/mol. The second kappa shape index (κ2) is 7.49. The van der Waals surface area contributed by atoms with E-state index in [4.69, 9.17) is 4.42 Å². The van der Waals surface area contributed by atoms with Gasteiger partial charge in [-0.3, -0.25) is 4.98 Å². The maximum Gasteiger partial charge on any atom is 0.107 e. The molecule has 5 nitrogen and oxygen atoms in total. The molecule has 1 atom stereocenters. The molecule has 0 spiro atoms. The maximum absolute atomic E-state index is 11.1. The van der Waals surface area contributed by atoms with Crippen LogP contribution in [0.25, 0.3) is 10.9 Å². The summed E-state index contributed by atoms with van der Waals surface area (Å²) >= 11 is 0. The Morgan fingerprint density at radius 2 is 2.04 bits per heavy atom. The summed E-state index contributed by atoms with van der Waals surface area (Å²) in [5.41, 5.74) is 0.457. The number of piperidine rings is 1. The number of nitrogens with zero attached hydrogens (tertiary/aromatic N) is 3. The molecular weight excluding hydrogens is 338 g/mol. The lowest BCUT2D eigenvalue weighted by atomic mass is 9.90. The van der Waals surface area contributed by atoms with Crippen LogP contribution in [-0.2, 0) is 6.54 Å². The average molecular weight is 367 g/mol. The topological polar surface area (TPSA) is 54.4 Å². The number of pyridine rings is 1. The van der Waals surface area contributed by atoms with Gasteiger partial charge >= 0.3 is 0 Å². The Morgan fingerprint density at radius 3 is 2.78 bits per heavy atom. The van der Waals surface area contributed by atoms with Crippen LogP contribution in [0.15, 0.2) is 47.3 Å². The molecule has 1 aliphatic rings. The number of fused-ring (bicyclic) bond motifs is 1. The zero-order valence-electron chi connectivity index (χ0n) is 16.3. The van der Waals surface area contributed by atoms with Crippen LogP contribution in [0.1, 0.15) is 43.6 Å². The highest BCUT2D eigenvalue weighted by Crippen LogP contribution is 2.28. The smallest absolute Gasteiger partial charge is 0.107 e. The van der Waals surface area contributed by atoms with Gasteiger partial charge in [0.2, 0.25) is 0 Å². The summed E-state index contributed by atoms with van der Waals surface area (Å²) in [6.45, 7) is 7.79. The minimum atomic E-state index is -0.637. The first-order valence-electron chi connectivity index (χ1n) is 9.92. The van der Waals surface area contributed by atoms with Gasteiger partial charge < -0.3 is 19.0 Å². The number of hydrogen-bond donors (Lipinski definition) is 1. The standard InChI is InChI=1S/C22H29N3O2/c1-17(21-4-3-18(2)27-21)6-11-24-13-8-22(26,9-14-24)16-25-12-7-19-5-10-23-15-20(19)25/h3-5,7,10,12,15,17,26H,6,8-9,11,13-14,16H2,1-2H3/t17-/m1/s1. The van der Waals surface area contributed by atoms with Gasteiger partial charge in [-0.1, -0.05) is 6.92 Å². The fourth-order valence-electron chi connectivity index (χ4n) is 4.07. The fraction of sp³-hybridized carbons (Fsp3) is 0.500. The third-order valence-corrected chi connectivity index (χ3v) is 5.95. The molecule has 3 aromatic heterocycles. The Labute approximate surface area is 160 Å². The van der Waals surface area contributed by atoms with Crippen LogP contribution in [-0.4, -0.2) is 44.8 Å². The van der Waals surface area contributed by atoms with Crippen molar-refractivity contribution in [2.45, 2.75) is 51.2 Å². The first-order chi connectivity index (χ1) is 13.0. The van der Waals surface area contributed by atoms with E-state index in [9.17, 15) is 5.11 Å². The van der Waals surface area contributed by atoms with Crippen molar-refractivity contribution < 1.29 is 9.52 Å². The summed E-state index contributed by atoms with van der Waals surface area (Å²) in [5.74, 6) is 2.49. The van der Waals surface area contributed by atoms with E-state index in [2.05, 4.69) is 39.7 Å². The molecule has 0 aromatic carbocycles. The quantitative estimate of drug-likeness (QED) is 0.716. The van der Waals surface area contributed by atoms with E-state index < -0.39 is 5.60 Å². The highest BCUT2D eigenvalue weighted by molar-refractivity contribution is 5.78. The Morgan fingerprint density at radius 1 is 1.22 bits per heavy atom. The van der Waals surface area contributed by atoms with Crippen molar-refractivity contribution in [2.24, 2.45) is 0 Å². The summed E-state index contributed by atoms with van der Waals surface area (Å²) < 4.78 is 7.88. The highest BCUT2D eigenvalue weighted by Gasteiger charge is 2.33. The van der Waals surface area contributed by atoms with E-state index in [-0.39, 0.29) is 0 Å². The van der Waals surface area contributed by atoms with Gasteiger partial charge in [0.05, 0.1) is 23.9 Å². The van der Waals surface area contributed by atoms with Crippen molar-refractivity contribution in [3.05, 3.63) is 54.4 Å². The number of furan rings is 1. The van der Waals surface area contributed by atoms with Crippen molar-refractivity contribution in [3.8, 4) is 0 Å². The Balaban J connectivity index is 1.30. The van der Waals surface area contributed by atoms with Crippen molar-refractivity contribution in [1.82, 2.24) is 14.5 Å². The molecule has 3 aromatic rings. The molecule has 4 heterocycles. The van der Waals surface area contributed by atoms with Crippen LogP contribution in [0.3, 0.4) is 0 Å². The van der Waals surface area contributed by atoms with Gasteiger partial charge in [0.25, 0.3) is 0 Å². The van der Waals surface area contributed by atoms with Crippen LogP contribution < -0.4 is 0 Å². The van der Waals surface area contributed by atoms with Crippen LogP contribution in [0.4, 0.5) is 0 Å². The SMILES string of the molecule is Cc1ccc([C@H](C)CCN2CCC(O)(Cn3ccc4ccncc43)CC2)o1. The second-order valence-corrected chi connectivity index (χ2v) is 8.08. The summed E-state index contributed by atoms with van der Waals surface area (Å²) in [6.07, 6.45) is 8.45. The van der Waals surface area contributed by atoms with E-state index in [0.717, 1.165) is 55.9 Å². The van der Waals surface area contributed by atoms with E-state index in [1.807, 2.05) is 31.5 Å². The zero-order valence-corrected chi connectivity index (χ0v) is 16.3. The Bertz CT molecular complexity index is 890. The molecule has 4 rings (SSSR count). The lowest BCUT2D eigenvalue weighted by Crippen LogP contribution is -2.47. The van der Waals surface area contributed by atoms with Crippen molar-refractivity contribution in [1.29, 1.82) is 0 Å². The van der Waals surface area contributed by atoms with Crippen molar-refractivity contribution >= 4 is 10.9 Å². The molecule has 27 heavy (non-hydrogen) atoms. The lowest BCUT2D eigenvalue weighted by molar-refractivity contribution is -0.0336. The molecule has 1 aliphatic heterocycles. The van der Waals surface area contributed by atoms with Crippen LogP contribution in [0.5, 0.6) is 0 Å². The number of aliphatic hydroxyl groups is 1. The fourth-order valence-corrected chi connectivity index (χ4v) is 4.07. The number of aromatic nitrogens is 2. The minimum absolute atomic E-state index is 0.429. The predicted octanol–water partition coefficient (Wildman–Crippen LogP) is 3.96. The van der Waals surface area contributed by atoms with Gasteiger partial charge in [-0.15, -0.1) is 0 Å². The van der Waals surface area contributed by atoms with Gasteiger partial charge in [0.1, 0.15) is 11.5 Å². The third-order valence-electron chi connectivity index (χ3n) is 5.95. The first kappa shape index (κ1) is 18.3. The Kier molecular flexibility index (Phi) is 5.06. The number of hydrogen-bond acceptors (Lipinski definition) is 4. The molecule has 1 fully saturated rings. The summed E-state index contributed by atoms with van der Waals surface area (Å²) in [7, 11) is 0. The summed E-state index contributed by atoms with van der Waals surface area (Å²) in [6, 6.07) is 8.23. The minimum Gasteiger partial charge on any atom is -0.466 e. The molecule has 5 heteroatoms. The highest BCUT2D eigenvalue weighted by atomic mass is 16.3. The number of likely N-dealkylation sites (tertiary alicyclic amines) is 1. The van der Waals surface area contributed by atoms with Gasteiger partial charge in [-0.2, -0.15) is 0 Å². The predicted molar refractivity (Wildman–Crippen MR) is 107 cm³/mol. The molecule has 0 amide bonds. The number of aryl methyl sites for hydroxylation is 1. The van der Waals surface area contributed by atoms with Crippen LogP contribution in [0, 0.1) is 6.92 Å². The van der Waals surface area contributed by atoms with Gasteiger partial charge in [0.15, 0.2) is 0 Å². The zero-order chi connectivity index (χ0) is 18.9. The molecule has 0 saturated carbocycles. The van der Waals surface area contributed by atoms with Gasteiger partial charge in [-0.05, 0) is 57.0 Å². The molecular formula is C22H29N3O2.